The van der Waals surface area contributed by atoms with Crippen molar-refractivity contribution in [3.63, 3.8) is 0 Å². The van der Waals surface area contributed by atoms with E-state index in [9.17, 15) is 4.79 Å². The van der Waals surface area contributed by atoms with E-state index in [2.05, 4.69) is 74.0 Å². The maximum Gasteiger partial charge on any atom is 0.222 e. The van der Waals surface area contributed by atoms with Crippen molar-refractivity contribution in [2.45, 2.75) is 53.5 Å². The van der Waals surface area contributed by atoms with Gasteiger partial charge in [-0.15, -0.1) is 11.3 Å². The largest absolute Gasteiger partial charge is 0.343 e. The van der Waals surface area contributed by atoms with Gasteiger partial charge in [0, 0.05) is 31.4 Å². The molecular formula is C26H31N3OS. The molecule has 0 aliphatic carbocycles. The molecule has 2 aromatic carbocycles. The number of hydrogen-bond donors (Lipinski definition) is 0. The summed E-state index contributed by atoms with van der Waals surface area (Å²) in [4.78, 5) is 20.1. The lowest BCUT2D eigenvalue weighted by Gasteiger charge is -2.16. The van der Waals surface area contributed by atoms with Gasteiger partial charge >= 0.3 is 0 Å². The number of aromatic nitrogens is 1. The number of aryl methyl sites for hydroxylation is 4. The molecule has 0 N–H and O–H groups in total. The van der Waals surface area contributed by atoms with Crippen LogP contribution in [-0.2, 0) is 11.3 Å². The summed E-state index contributed by atoms with van der Waals surface area (Å²) in [5.74, 6) is 0.296. The molecule has 0 radical (unpaired) electrons. The number of nitrogens with zero attached hydrogens (tertiary/aromatic N) is 3. The molecule has 1 saturated heterocycles. The van der Waals surface area contributed by atoms with Gasteiger partial charge in [0.1, 0.15) is 0 Å². The van der Waals surface area contributed by atoms with E-state index in [4.69, 9.17) is 4.99 Å². The molecule has 0 unspecified atom stereocenters. The van der Waals surface area contributed by atoms with E-state index in [1.807, 2.05) is 4.90 Å². The molecule has 3 aromatic rings. The molecule has 1 amide bonds. The van der Waals surface area contributed by atoms with E-state index in [1.54, 1.807) is 11.3 Å². The molecule has 1 aliphatic heterocycles. The summed E-state index contributed by atoms with van der Waals surface area (Å²) in [5, 5.41) is 2.22. The molecule has 5 heteroatoms. The molecule has 162 valence electrons. The fourth-order valence-corrected chi connectivity index (χ4v) is 5.15. The third-order valence-electron chi connectivity index (χ3n) is 6.23. The summed E-state index contributed by atoms with van der Waals surface area (Å²) < 4.78 is 2.33. The van der Waals surface area contributed by atoms with Crippen molar-refractivity contribution >= 4 is 22.9 Å². The van der Waals surface area contributed by atoms with Crippen LogP contribution < -0.4 is 4.80 Å². The van der Waals surface area contributed by atoms with Gasteiger partial charge < -0.3 is 9.47 Å². The number of benzene rings is 2. The molecule has 0 bridgehead atoms. The fraction of sp³-hybridized carbons (Fsp3) is 0.385. The number of thiazole rings is 1. The van der Waals surface area contributed by atoms with E-state index in [0.717, 1.165) is 43.0 Å². The Morgan fingerprint density at radius 3 is 2.42 bits per heavy atom. The van der Waals surface area contributed by atoms with E-state index in [-0.39, 0.29) is 0 Å². The van der Waals surface area contributed by atoms with Crippen LogP contribution in [0.1, 0.15) is 41.5 Å². The summed E-state index contributed by atoms with van der Waals surface area (Å²) in [5.41, 5.74) is 8.46. The van der Waals surface area contributed by atoms with Crippen LogP contribution in [0.25, 0.3) is 11.3 Å². The highest BCUT2D eigenvalue weighted by atomic mass is 32.1. The normalized spacial score (nSPS) is 14.6. The Hall–Kier alpha value is -2.66. The molecule has 1 fully saturated rings. The SMILES string of the molecule is Cc1ccc(-c2csc(=Nc3c(C)cccc3C)n2CCCN2CCCC2=O)cc1C. The first kappa shape index (κ1) is 21.6. The monoisotopic (exact) mass is 433 g/mol. The predicted molar refractivity (Wildman–Crippen MR) is 129 cm³/mol. The second kappa shape index (κ2) is 9.23. The van der Waals surface area contributed by atoms with Gasteiger partial charge in [0.2, 0.25) is 5.91 Å². The third-order valence-corrected chi connectivity index (χ3v) is 7.09. The standard InChI is InChI=1S/C26H31N3OS/c1-18-11-12-22(16-21(18)4)23-17-31-26(27-25-19(2)8-5-9-20(25)3)29(23)15-7-14-28-13-6-10-24(28)30/h5,8-9,11-12,16-17H,6-7,10,13-15H2,1-4H3. The van der Waals surface area contributed by atoms with E-state index >= 15 is 0 Å². The lowest BCUT2D eigenvalue weighted by atomic mass is 10.0. The first-order valence-electron chi connectivity index (χ1n) is 11.1. The van der Waals surface area contributed by atoms with E-state index in [0.29, 0.717) is 12.3 Å². The highest BCUT2D eigenvalue weighted by Gasteiger charge is 2.19. The van der Waals surface area contributed by atoms with Gasteiger partial charge in [-0.1, -0.05) is 30.3 Å². The molecule has 31 heavy (non-hydrogen) atoms. The first-order chi connectivity index (χ1) is 14.9. The minimum absolute atomic E-state index is 0.296. The number of para-hydroxylation sites is 1. The highest BCUT2D eigenvalue weighted by molar-refractivity contribution is 7.07. The van der Waals surface area contributed by atoms with Crippen molar-refractivity contribution in [2.24, 2.45) is 4.99 Å². The van der Waals surface area contributed by atoms with Crippen LogP contribution in [0.3, 0.4) is 0 Å². The molecule has 0 saturated carbocycles. The Morgan fingerprint density at radius 1 is 0.968 bits per heavy atom. The van der Waals surface area contributed by atoms with Gasteiger partial charge in [-0.2, -0.15) is 0 Å². The molecule has 1 aromatic heterocycles. The van der Waals surface area contributed by atoms with Crippen LogP contribution in [0.2, 0.25) is 0 Å². The highest BCUT2D eigenvalue weighted by Crippen LogP contribution is 2.26. The maximum absolute atomic E-state index is 12.0. The topological polar surface area (TPSA) is 37.6 Å². The molecule has 0 atom stereocenters. The second-order valence-electron chi connectivity index (χ2n) is 8.54. The van der Waals surface area contributed by atoms with Crippen LogP contribution in [-0.4, -0.2) is 28.5 Å². The number of carbonyl (C=O) groups is 1. The Bertz CT molecular complexity index is 1150. The Balaban J connectivity index is 1.72. The fourth-order valence-electron chi connectivity index (χ4n) is 4.20. The van der Waals surface area contributed by atoms with Crippen molar-refractivity contribution in [2.75, 3.05) is 13.1 Å². The number of carbonyl (C=O) groups excluding carboxylic acids is 1. The zero-order valence-electron chi connectivity index (χ0n) is 18.9. The van der Waals surface area contributed by atoms with Crippen molar-refractivity contribution in [1.82, 2.24) is 9.47 Å². The third kappa shape index (κ3) is 4.67. The molecule has 4 nitrogen and oxygen atoms in total. The Labute approximate surface area is 188 Å². The average molecular weight is 434 g/mol. The van der Waals surface area contributed by atoms with Gasteiger partial charge in [-0.3, -0.25) is 4.79 Å². The number of hydrogen-bond acceptors (Lipinski definition) is 3. The molecule has 1 aliphatic rings. The number of amides is 1. The van der Waals surface area contributed by atoms with Gasteiger partial charge in [-0.05, 0) is 74.4 Å². The van der Waals surface area contributed by atoms with Crippen LogP contribution >= 0.6 is 11.3 Å². The van der Waals surface area contributed by atoms with Crippen molar-refractivity contribution in [1.29, 1.82) is 0 Å². The average Bonchev–Trinajstić information content (AvgIpc) is 3.33. The summed E-state index contributed by atoms with van der Waals surface area (Å²) in [6.45, 7) is 11.1. The summed E-state index contributed by atoms with van der Waals surface area (Å²) in [7, 11) is 0. The molecule has 4 rings (SSSR count). The lowest BCUT2D eigenvalue weighted by Crippen LogP contribution is -2.27. The minimum Gasteiger partial charge on any atom is -0.343 e. The smallest absolute Gasteiger partial charge is 0.222 e. The lowest BCUT2D eigenvalue weighted by molar-refractivity contribution is -0.127. The number of likely N-dealkylation sites (tertiary alicyclic amines) is 1. The van der Waals surface area contributed by atoms with Crippen LogP contribution in [0.15, 0.2) is 46.8 Å². The van der Waals surface area contributed by atoms with Gasteiger partial charge in [0.15, 0.2) is 4.80 Å². The van der Waals surface area contributed by atoms with E-state index < -0.39 is 0 Å². The number of rotatable bonds is 6. The second-order valence-corrected chi connectivity index (χ2v) is 9.38. The molecular weight excluding hydrogens is 402 g/mol. The van der Waals surface area contributed by atoms with Crippen LogP contribution in [0.4, 0.5) is 5.69 Å². The molecule has 0 spiro atoms. The van der Waals surface area contributed by atoms with Gasteiger partial charge in [0.25, 0.3) is 0 Å². The van der Waals surface area contributed by atoms with Crippen LogP contribution in [0.5, 0.6) is 0 Å². The van der Waals surface area contributed by atoms with E-state index in [1.165, 1.54) is 33.5 Å². The van der Waals surface area contributed by atoms with Crippen molar-refractivity contribution in [3.8, 4) is 11.3 Å². The van der Waals surface area contributed by atoms with Crippen molar-refractivity contribution < 1.29 is 4.79 Å². The minimum atomic E-state index is 0.296. The summed E-state index contributed by atoms with van der Waals surface area (Å²) in [6.07, 6.45) is 2.62. The zero-order valence-corrected chi connectivity index (χ0v) is 19.8. The molecule has 2 heterocycles. The quantitative estimate of drug-likeness (QED) is 0.492. The first-order valence-corrected chi connectivity index (χ1v) is 12.0. The van der Waals surface area contributed by atoms with Crippen molar-refractivity contribution in [3.05, 3.63) is 68.8 Å². The summed E-state index contributed by atoms with van der Waals surface area (Å²) >= 11 is 1.69. The predicted octanol–water partition coefficient (Wildman–Crippen LogP) is 5.70. The van der Waals surface area contributed by atoms with Crippen LogP contribution in [0, 0.1) is 27.7 Å². The maximum atomic E-state index is 12.0. The Morgan fingerprint density at radius 2 is 1.74 bits per heavy atom. The Kier molecular flexibility index (Phi) is 6.42. The van der Waals surface area contributed by atoms with Gasteiger partial charge in [-0.25, -0.2) is 4.99 Å². The summed E-state index contributed by atoms with van der Waals surface area (Å²) in [6, 6.07) is 13.0. The zero-order chi connectivity index (χ0) is 22.0. The van der Waals surface area contributed by atoms with Gasteiger partial charge in [0.05, 0.1) is 11.4 Å².